The molecule has 1 N–H and O–H groups in total. The number of ether oxygens (including phenoxy) is 1. The maximum atomic E-state index is 14.6. The molecule has 36 heavy (non-hydrogen) atoms. The SMILES string of the molecule is COc1cccc(F)c1Cn1c(=O)ccc2cnc(Nc3ccc(N4CCN(C)CC4)cc3)nc21.[V]. The van der Waals surface area contributed by atoms with Gasteiger partial charge in [-0.3, -0.25) is 9.36 Å². The Balaban J connectivity index is 0.00000304. The summed E-state index contributed by atoms with van der Waals surface area (Å²) < 4.78 is 21.3. The van der Waals surface area contributed by atoms with E-state index in [1.165, 1.54) is 29.5 Å². The Bertz CT molecular complexity index is 1400. The average molecular weight is 525 g/mol. The van der Waals surface area contributed by atoms with Crippen LogP contribution in [0.5, 0.6) is 5.75 Å². The van der Waals surface area contributed by atoms with Crippen molar-refractivity contribution in [1.82, 2.24) is 19.4 Å². The number of likely N-dealkylation sites (N-methyl/N-ethyl adjacent to an activating group) is 1. The molecule has 1 radical (unpaired) electrons. The number of hydrogen-bond acceptors (Lipinski definition) is 7. The molecule has 8 nitrogen and oxygen atoms in total. The monoisotopic (exact) mass is 525 g/mol. The number of nitrogens with one attached hydrogen (secondary N) is 1. The maximum Gasteiger partial charge on any atom is 0.252 e. The van der Waals surface area contributed by atoms with Gasteiger partial charge in [0, 0.05) is 79.3 Å². The molecule has 0 unspecified atom stereocenters. The largest absolute Gasteiger partial charge is 0.496 e. The van der Waals surface area contributed by atoms with Crippen LogP contribution in [0.15, 0.2) is 65.6 Å². The molecule has 1 fully saturated rings. The van der Waals surface area contributed by atoms with E-state index in [2.05, 4.69) is 44.3 Å². The van der Waals surface area contributed by atoms with Gasteiger partial charge < -0.3 is 19.9 Å². The number of pyridine rings is 1. The molecule has 2 aromatic heterocycles. The van der Waals surface area contributed by atoms with Crippen molar-refractivity contribution in [3.05, 3.63) is 82.5 Å². The van der Waals surface area contributed by atoms with Crippen LogP contribution in [0.2, 0.25) is 0 Å². The number of hydrogen-bond donors (Lipinski definition) is 1. The summed E-state index contributed by atoms with van der Waals surface area (Å²) in [6.45, 7) is 4.09. The number of fused-ring (bicyclic) bond motifs is 1. The summed E-state index contributed by atoms with van der Waals surface area (Å²) in [5.41, 5.74) is 2.43. The molecule has 0 bridgehead atoms. The molecule has 5 rings (SSSR count). The van der Waals surface area contributed by atoms with Crippen LogP contribution in [0.3, 0.4) is 0 Å². The molecular weight excluding hydrogens is 498 g/mol. The van der Waals surface area contributed by atoms with Crippen LogP contribution in [-0.4, -0.2) is 59.8 Å². The summed E-state index contributed by atoms with van der Waals surface area (Å²) in [4.78, 5) is 26.4. The molecule has 0 spiro atoms. The molecule has 0 aliphatic carbocycles. The van der Waals surface area contributed by atoms with Crippen molar-refractivity contribution in [3.8, 4) is 5.75 Å². The van der Waals surface area contributed by atoms with Gasteiger partial charge >= 0.3 is 0 Å². The summed E-state index contributed by atoms with van der Waals surface area (Å²) in [6, 6.07) is 15.8. The second-order valence-electron chi connectivity index (χ2n) is 8.61. The molecule has 1 aliphatic rings. The molecule has 3 heterocycles. The predicted molar refractivity (Wildman–Crippen MR) is 135 cm³/mol. The molecule has 0 amide bonds. The Morgan fingerprint density at radius 2 is 1.78 bits per heavy atom. The van der Waals surface area contributed by atoms with Crippen molar-refractivity contribution in [1.29, 1.82) is 0 Å². The fraction of sp³-hybridized carbons (Fsp3) is 0.269. The van der Waals surface area contributed by atoms with Crippen molar-refractivity contribution < 1.29 is 27.7 Å². The quantitative estimate of drug-likeness (QED) is 0.413. The molecule has 185 valence electrons. The Morgan fingerprint density at radius 1 is 1.03 bits per heavy atom. The van der Waals surface area contributed by atoms with Crippen molar-refractivity contribution in [2.45, 2.75) is 6.54 Å². The zero-order valence-corrected chi connectivity index (χ0v) is 21.6. The molecule has 1 saturated heterocycles. The molecule has 2 aromatic carbocycles. The summed E-state index contributed by atoms with van der Waals surface area (Å²) >= 11 is 0. The van der Waals surface area contributed by atoms with Crippen LogP contribution in [0.25, 0.3) is 11.0 Å². The smallest absolute Gasteiger partial charge is 0.252 e. The minimum Gasteiger partial charge on any atom is -0.496 e. The minimum absolute atomic E-state index is 0. The fourth-order valence-electron chi connectivity index (χ4n) is 4.28. The van der Waals surface area contributed by atoms with Gasteiger partial charge in [0.15, 0.2) is 0 Å². The van der Waals surface area contributed by atoms with Gasteiger partial charge in [-0.15, -0.1) is 0 Å². The Kier molecular flexibility index (Phi) is 7.93. The van der Waals surface area contributed by atoms with Crippen molar-refractivity contribution >= 4 is 28.4 Å². The number of aromatic nitrogens is 3. The number of nitrogens with zero attached hydrogens (tertiary/aromatic N) is 5. The van der Waals surface area contributed by atoms with Gasteiger partial charge in [-0.05, 0) is 49.5 Å². The van der Waals surface area contributed by atoms with Crippen molar-refractivity contribution in [3.63, 3.8) is 0 Å². The van der Waals surface area contributed by atoms with E-state index in [1.807, 2.05) is 12.1 Å². The third-order valence-electron chi connectivity index (χ3n) is 6.33. The van der Waals surface area contributed by atoms with Gasteiger partial charge in [0.25, 0.3) is 5.56 Å². The predicted octanol–water partition coefficient (Wildman–Crippen LogP) is 3.48. The summed E-state index contributed by atoms with van der Waals surface area (Å²) in [5, 5.41) is 3.89. The standard InChI is InChI=1S/C26H27FN6O2.V/c1-31-12-14-32(15-13-31)20-9-7-19(8-10-20)29-26-28-16-18-6-11-24(34)33(25(18)30-26)17-21-22(27)4-3-5-23(21)35-2;/h3-11,16H,12-15,17H2,1-2H3,(H,28,29,30);. The second-order valence-corrected chi connectivity index (χ2v) is 8.61. The Morgan fingerprint density at radius 3 is 2.50 bits per heavy atom. The zero-order valence-electron chi connectivity index (χ0n) is 20.2. The zero-order chi connectivity index (χ0) is 24.4. The van der Waals surface area contributed by atoms with Crippen molar-refractivity contribution in [2.24, 2.45) is 0 Å². The van der Waals surface area contributed by atoms with Crippen LogP contribution < -0.4 is 20.5 Å². The van der Waals surface area contributed by atoms with E-state index in [9.17, 15) is 9.18 Å². The van der Waals surface area contributed by atoms with E-state index in [4.69, 9.17) is 4.74 Å². The van der Waals surface area contributed by atoms with E-state index >= 15 is 0 Å². The summed E-state index contributed by atoms with van der Waals surface area (Å²) in [5.74, 6) is 0.285. The van der Waals surface area contributed by atoms with E-state index in [0.29, 0.717) is 22.7 Å². The van der Waals surface area contributed by atoms with Gasteiger partial charge in [0.2, 0.25) is 5.95 Å². The van der Waals surface area contributed by atoms with Gasteiger partial charge in [0.1, 0.15) is 17.2 Å². The first-order valence-corrected chi connectivity index (χ1v) is 11.5. The van der Waals surface area contributed by atoms with Gasteiger partial charge in [-0.25, -0.2) is 9.37 Å². The van der Waals surface area contributed by atoms with Gasteiger partial charge in [-0.2, -0.15) is 4.98 Å². The molecule has 4 aromatic rings. The van der Waals surface area contributed by atoms with Crippen LogP contribution in [0.1, 0.15) is 5.56 Å². The van der Waals surface area contributed by atoms with E-state index in [0.717, 1.165) is 31.9 Å². The fourth-order valence-corrected chi connectivity index (χ4v) is 4.28. The maximum absolute atomic E-state index is 14.6. The molecule has 0 saturated carbocycles. The first kappa shape index (κ1) is 25.7. The Labute approximate surface area is 220 Å². The Hall–Kier alpha value is -3.40. The third-order valence-corrected chi connectivity index (χ3v) is 6.33. The molecule has 0 atom stereocenters. The van der Waals surface area contributed by atoms with Crippen LogP contribution in [0.4, 0.5) is 21.7 Å². The van der Waals surface area contributed by atoms with Crippen LogP contribution in [-0.2, 0) is 25.1 Å². The van der Waals surface area contributed by atoms with Crippen LogP contribution in [0, 0.1) is 5.82 Å². The first-order valence-electron chi connectivity index (χ1n) is 11.5. The minimum atomic E-state index is -0.443. The normalized spacial score (nSPS) is 13.9. The van der Waals surface area contributed by atoms with E-state index in [-0.39, 0.29) is 36.2 Å². The summed E-state index contributed by atoms with van der Waals surface area (Å²) in [7, 11) is 3.61. The number of methoxy groups -OCH3 is 1. The summed E-state index contributed by atoms with van der Waals surface area (Å²) in [6.07, 6.45) is 1.65. The average Bonchev–Trinajstić information content (AvgIpc) is 2.87. The topological polar surface area (TPSA) is 75.5 Å². The van der Waals surface area contributed by atoms with Gasteiger partial charge in [-0.1, -0.05) is 6.07 Å². The third kappa shape index (κ3) is 5.38. The number of anilines is 3. The molecule has 1 aliphatic heterocycles. The number of piperazine rings is 1. The molecular formula is C26H27FN6O2V. The number of benzene rings is 2. The van der Waals surface area contributed by atoms with E-state index < -0.39 is 5.82 Å². The van der Waals surface area contributed by atoms with Crippen LogP contribution >= 0.6 is 0 Å². The van der Waals surface area contributed by atoms with E-state index in [1.54, 1.807) is 24.4 Å². The number of halogens is 1. The molecule has 10 heteroatoms. The second kappa shape index (κ2) is 11.1. The number of rotatable bonds is 6. The van der Waals surface area contributed by atoms with Crippen molar-refractivity contribution in [2.75, 3.05) is 50.6 Å². The first-order chi connectivity index (χ1) is 17.0. The van der Waals surface area contributed by atoms with Gasteiger partial charge in [0.05, 0.1) is 13.7 Å².